The average Bonchev–Trinajstić information content (AvgIpc) is 3.27. The largest absolute Gasteiger partial charge is 0.300 e. The number of nitrogens with zero attached hydrogens (tertiary/aromatic N) is 2. The summed E-state index contributed by atoms with van der Waals surface area (Å²) in [5.41, 5.74) is 2.63. The molecule has 0 unspecified atom stereocenters. The minimum Gasteiger partial charge on any atom is -0.300 e. The van der Waals surface area contributed by atoms with Gasteiger partial charge < -0.3 is 5.32 Å². The van der Waals surface area contributed by atoms with Crippen LogP contribution in [0.2, 0.25) is 0 Å². The number of carbonyl (C=O) groups is 1. The fourth-order valence-corrected chi connectivity index (χ4v) is 3.73. The van der Waals surface area contributed by atoms with Crippen molar-refractivity contribution in [3.8, 4) is 0 Å². The Morgan fingerprint density at radius 3 is 2.68 bits per heavy atom. The quantitative estimate of drug-likeness (QED) is 0.632. The van der Waals surface area contributed by atoms with E-state index in [1.165, 1.54) is 22.5 Å². The van der Waals surface area contributed by atoms with E-state index in [2.05, 4.69) is 53.6 Å². The third-order valence-corrected chi connectivity index (χ3v) is 5.64. The second kappa shape index (κ2) is 6.79. The van der Waals surface area contributed by atoms with Crippen molar-refractivity contribution < 1.29 is 4.79 Å². The van der Waals surface area contributed by atoms with Crippen molar-refractivity contribution >= 4 is 34.1 Å². The van der Waals surface area contributed by atoms with Gasteiger partial charge in [-0.25, -0.2) is 0 Å². The van der Waals surface area contributed by atoms with Crippen LogP contribution < -0.4 is 5.32 Å². The van der Waals surface area contributed by atoms with Gasteiger partial charge in [-0.15, -0.1) is 10.2 Å². The summed E-state index contributed by atoms with van der Waals surface area (Å²) in [6.45, 7) is 4.39. The monoisotopic (exact) mass is 333 g/mol. The van der Waals surface area contributed by atoms with Crippen molar-refractivity contribution in [3.63, 3.8) is 0 Å². The second-order valence-electron chi connectivity index (χ2n) is 5.82. The molecule has 1 amide bonds. The van der Waals surface area contributed by atoms with Crippen molar-refractivity contribution in [1.82, 2.24) is 10.2 Å². The van der Waals surface area contributed by atoms with E-state index in [1.54, 1.807) is 11.8 Å². The van der Waals surface area contributed by atoms with Crippen LogP contribution in [-0.4, -0.2) is 16.1 Å². The van der Waals surface area contributed by atoms with Crippen LogP contribution in [0, 0.1) is 5.92 Å². The molecule has 1 aliphatic carbocycles. The molecule has 0 saturated heterocycles. The number of nitrogens with one attached hydrogen (secondary N) is 1. The van der Waals surface area contributed by atoms with Crippen LogP contribution in [0.15, 0.2) is 28.6 Å². The summed E-state index contributed by atoms with van der Waals surface area (Å²) in [7, 11) is 0. The van der Waals surface area contributed by atoms with Gasteiger partial charge in [-0.1, -0.05) is 61.2 Å². The standard InChI is InChI=1S/C16H19N3OS2/c1-10(2)12-5-3-11(4-6-12)9-21-16-19-18-15(22-16)17-14(20)13-7-8-13/h3-6,10,13H,7-9H2,1-2H3,(H,17,18,20). The van der Waals surface area contributed by atoms with E-state index in [1.807, 2.05) is 0 Å². The van der Waals surface area contributed by atoms with Crippen molar-refractivity contribution in [2.45, 2.75) is 42.7 Å². The predicted octanol–water partition coefficient (Wildman–Crippen LogP) is 4.30. The van der Waals surface area contributed by atoms with Gasteiger partial charge in [0.05, 0.1) is 0 Å². The third-order valence-electron chi connectivity index (χ3n) is 3.59. The Morgan fingerprint density at radius 1 is 1.32 bits per heavy atom. The zero-order valence-electron chi connectivity index (χ0n) is 12.7. The van der Waals surface area contributed by atoms with Gasteiger partial charge >= 0.3 is 0 Å². The molecule has 1 aromatic heterocycles. The zero-order chi connectivity index (χ0) is 15.5. The Balaban J connectivity index is 1.52. The highest BCUT2D eigenvalue weighted by atomic mass is 32.2. The molecule has 0 aliphatic heterocycles. The summed E-state index contributed by atoms with van der Waals surface area (Å²) < 4.78 is 0.888. The van der Waals surface area contributed by atoms with Gasteiger partial charge in [0.15, 0.2) is 4.34 Å². The molecular weight excluding hydrogens is 314 g/mol. The highest BCUT2D eigenvalue weighted by Crippen LogP contribution is 2.32. The lowest BCUT2D eigenvalue weighted by atomic mass is 10.0. The normalized spacial score (nSPS) is 14.3. The number of benzene rings is 1. The van der Waals surface area contributed by atoms with Gasteiger partial charge in [0, 0.05) is 11.7 Å². The third kappa shape index (κ3) is 4.08. The van der Waals surface area contributed by atoms with E-state index in [-0.39, 0.29) is 11.8 Å². The molecule has 0 atom stereocenters. The predicted molar refractivity (Wildman–Crippen MR) is 91.4 cm³/mol. The second-order valence-corrected chi connectivity index (χ2v) is 8.02. The number of carbonyl (C=O) groups excluding carboxylic acids is 1. The number of aromatic nitrogens is 2. The molecular formula is C16H19N3OS2. The fourth-order valence-electron chi connectivity index (χ4n) is 2.02. The number of hydrogen-bond donors (Lipinski definition) is 1. The van der Waals surface area contributed by atoms with Gasteiger partial charge in [0.2, 0.25) is 11.0 Å². The maximum atomic E-state index is 11.7. The minimum atomic E-state index is 0.0805. The van der Waals surface area contributed by atoms with Crippen LogP contribution in [0.3, 0.4) is 0 Å². The minimum absolute atomic E-state index is 0.0805. The first-order valence-electron chi connectivity index (χ1n) is 7.48. The van der Waals surface area contributed by atoms with Crippen LogP contribution in [0.4, 0.5) is 5.13 Å². The summed E-state index contributed by atoms with van der Waals surface area (Å²) in [6, 6.07) is 8.70. The van der Waals surface area contributed by atoms with E-state index in [0.29, 0.717) is 11.0 Å². The van der Waals surface area contributed by atoms with Crippen LogP contribution in [-0.2, 0) is 10.5 Å². The van der Waals surface area contributed by atoms with Crippen LogP contribution in [0.5, 0.6) is 0 Å². The molecule has 0 bridgehead atoms. The Kier molecular flexibility index (Phi) is 4.78. The molecule has 0 spiro atoms. The average molecular weight is 333 g/mol. The lowest BCUT2D eigenvalue weighted by Gasteiger charge is -2.05. The number of thioether (sulfide) groups is 1. The molecule has 22 heavy (non-hydrogen) atoms. The van der Waals surface area contributed by atoms with Crippen molar-refractivity contribution in [1.29, 1.82) is 0 Å². The van der Waals surface area contributed by atoms with Crippen LogP contribution in [0.25, 0.3) is 0 Å². The molecule has 1 fully saturated rings. The maximum Gasteiger partial charge on any atom is 0.229 e. The molecule has 116 valence electrons. The lowest BCUT2D eigenvalue weighted by Crippen LogP contribution is -2.12. The van der Waals surface area contributed by atoms with E-state index < -0.39 is 0 Å². The fraction of sp³-hybridized carbons (Fsp3) is 0.438. The summed E-state index contributed by atoms with van der Waals surface area (Å²) in [5, 5.41) is 11.6. The summed E-state index contributed by atoms with van der Waals surface area (Å²) >= 11 is 3.10. The van der Waals surface area contributed by atoms with Crippen LogP contribution >= 0.6 is 23.1 Å². The number of rotatable bonds is 6. The molecule has 1 aliphatic rings. The van der Waals surface area contributed by atoms with Gasteiger partial charge in [-0.05, 0) is 29.9 Å². The zero-order valence-corrected chi connectivity index (χ0v) is 14.3. The molecule has 3 rings (SSSR count). The van der Waals surface area contributed by atoms with E-state index in [4.69, 9.17) is 0 Å². The van der Waals surface area contributed by atoms with E-state index in [9.17, 15) is 4.79 Å². The maximum absolute atomic E-state index is 11.7. The first-order chi connectivity index (χ1) is 10.6. The number of hydrogen-bond acceptors (Lipinski definition) is 5. The Hall–Kier alpha value is -1.40. The SMILES string of the molecule is CC(C)c1ccc(CSc2nnc(NC(=O)C3CC3)s2)cc1. The Morgan fingerprint density at radius 2 is 2.05 bits per heavy atom. The van der Waals surface area contributed by atoms with Crippen molar-refractivity contribution in [3.05, 3.63) is 35.4 Å². The molecule has 4 nitrogen and oxygen atoms in total. The van der Waals surface area contributed by atoms with Crippen molar-refractivity contribution in [2.24, 2.45) is 5.92 Å². The number of amides is 1. The summed E-state index contributed by atoms with van der Waals surface area (Å²) in [6.07, 6.45) is 2.00. The molecule has 1 heterocycles. The molecule has 1 aromatic carbocycles. The van der Waals surface area contributed by atoms with Gasteiger partial charge in [-0.2, -0.15) is 0 Å². The number of anilines is 1. The van der Waals surface area contributed by atoms with Gasteiger partial charge in [0.25, 0.3) is 0 Å². The van der Waals surface area contributed by atoms with E-state index in [0.717, 1.165) is 22.9 Å². The molecule has 2 aromatic rings. The van der Waals surface area contributed by atoms with Gasteiger partial charge in [-0.3, -0.25) is 4.79 Å². The van der Waals surface area contributed by atoms with E-state index >= 15 is 0 Å². The Bertz CT molecular complexity index is 648. The lowest BCUT2D eigenvalue weighted by molar-refractivity contribution is -0.117. The highest BCUT2D eigenvalue weighted by Gasteiger charge is 2.30. The molecule has 6 heteroatoms. The molecule has 1 saturated carbocycles. The molecule has 0 radical (unpaired) electrons. The summed E-state index contributed by atoms with van der Waals surface area (Å²) in [5.74, 6) is 1.70. The highest BCUT2D eigenvalue weighted by molar-refractivity contribution is 8.00. The first kappa shape index (κ1) is 15.5. The Labute approximate surface area is 138 Å². The summed E-state index contributed by atoms with van der Waals surface area (Å²) in [4.78, 5) is 11.7. The van der Waals surface area contributed by atoms with Crippen LogP contribution in [0.1, 0.15) is 43.7 Å². The topological polar surface area (TPSA) is 54.9 Å². The first-order valence-corrected chi connectivity index (χ1v) is 9.28. The van der Waals surface area contributed by atoms with Crippen molar-refractivity contribution in [2.75, 3.05) is 5.32 Å². The molecule has 1 N–H and O–H groups in total. The van der Waals surface area contributed by atoms with Gasteiger partial charge in [0.1, 0.15) is 0 Å². The smallest absolute Gasteiger partial charge is 0.229 e.